The number of hydrogen-bond acceptors (Lipinski definition) is 2. The highest BCUT2D eigenvalue weighted by atomic mass is 35.5. The molecule has 0 saturated heterocycles. The molecular weight excluding hydrogens is 323 g/mol. The van der Waals surface area contributed by atoms with Crippen LogP contribution in [0.2, 0.25) is 10.0 Å². The largest absolute Gasteiger partial charge is 0.345 e. The number of aromatic amines is 1. The number of halogens is 2. The van der Waals surface area contributed by atoms with Gasteiger partial charge in [-0.05, 0) is 49.1 Å². The number of amides is 1. The van der Waals surface area contributed by atoms with E-state index in [1.807, 2.05) is 6.07 Å². The van der Waals surface area contributed by atoms with Crippen molar-refractivity contribution < 1.29 is 4.79 Å². The number of rotatable bonds is 2. The highest BCUT2D eigenvalue weighted by Crippen LogP contribution is 2.39. The molecule has 1 aromatic carbocycles. The molecular formula is C16H14Cl2N2O2. The fourth-order valence-electron chi connectivity index (χ4n) is 2.77. The fraction of sp³-hybridized carbons (Fsp3) is 0.250. The zero-order valence-electron chi connectivity index (χ0n) is 11.9. The Balaban J connectivity index is 1.86. The molecule has 0 radical (unpaired) electrons. The van der Waals surface area contributed by atoms with Crippen LogP contribution in [0.15, 0.2) is 29.1 Å². The summed E-state index contributed by atoms with van der Waals surface area (Å²) in [6.45, 7) is 1.77. The van der Waals surface area contributed by atoms with Gasteiger partial charge in [-0.1, -0.05) is 29.3 Å². The van der Waals surface area contributed by atoms with Gasteiger partial charge in [-0.3, -0.25) is 9.59 Å². The van der Waals surface area contributed by atoms with Crippen LogP contribution in [0, 0.1) is 6.92 Å². The van der Waals surface area contributed by atoms with E-state index in [1.165, 1.54) is 6.07 Å². The van der Waals surface area contributed by atoms with Crippen LogP contribution in [0.1, 0.15) is 39.6 Å². The third-order valence-electron chi connectivity index (χ3n) is 3.90. The molecule has 1 aromatic heterocycles. The van der Waals surface area contributed by atoms with E-state index in [1.54, 1.807) is 19.1 Å². The molecule has 22 heavy (non-hydrogen) atoms. The highest BCUT2D eigenvalue weighted by molar-refractivity contribution is 6.42. The summed E-state index contributed by atoms with van der Waals surface area (Å²) in [4.78, 5) is 26.8. The lowest BCUT2D eigenvalue weighted by atomic mass is 10.1. The fourth-order valence-corrected chi connectivity index (χ4v) is 3.21. The number of fused-ring (bicyclic) bond motifs is 1. The molecule has 1 aliphatic carbocycles. The molecule has 0 saturated carbocycles. The molecule has 0 aliphatic heterocycles. The molecule has 1 aliphatic rings. The first kappa shape index (κ1) is 15.1. The van der Waals surface area contributed by atoms with Crippen molar-refractivity contribution in [1.29, 1.82) is 0 Å². The van der Waals surface area contributed by atoms with Gasteiger partial charge in [0.15, 0.2) is 0 Å². The van der Waals surface area contributed by atoms with Crippen LogP contribution in [-0.4, -0.2) is 10.9 Å². The number of hydrogen-bond donors (Lipinski definition) is 2. The Morgan fingerprint density at radius 2 is 2.05 bits per heavy atom. The predicted molar refractivity (Wildman–Crippen MR) is 86.8 cm³/mol. The minimum Gasteiger partial charge on any atom is -0.345 e. The topological polar surface area (TPSA) is 62.0 Å². The third-order valence-corrected chi connectivity index (χ3v) is 4.74. The first-order chi connectivity index (χ1) is 10.5. The number of pyridine rings is 1. The average molecular weight is 337 g/mol. The number of aromatic nitrogens is 1. The van der Waals surface area contributed by atoms with Gasteiger partial charge >= 0.3 is 0 Å². The molecule has 1 heterocycles. The van der Waals surface area contributed by atoms with Crippen molar-refractivity contribution in [2.75, 3.05) is 0 Å². The number of carbonyl (C=O) groups excluding carboxylic acids is 1. The van der Waals surface area contributed by atoms with Crippen LogP contribution in [0.4, 0.5) is 0 Å². The van der Waals surface area contributed by atoms with Gasteiger partial charge in [0, 0.05) is 5.69 Å². The molecule has 0 fully saturated rings. The molecule has 1 unspecified atom stereocenters. The van der Waals surface area contributed by atoms with E-state index < -0.39 is 0 Å². The van der Waals surface area contributed by atoms with Gasteiger partial charge in [0.25, 0.3) is 11.5 Å². The number of carbonyl (C=O) groups is 1. The van der Waals surface area contributed by atoms with E-state index in [2.05, 4.69) is 10.3 Å². The Morgan fingerprint density at radius 3 is 2.77 bits per heavy atom. The molecule has 2 N–H and O–H groups in total. The Hall–Kier alpha value is -1.78. The van der Waals surface area contributed by atoms with Crippen molar-refractivity contribution in [2.24, 2.45) is 0 Å². The molecule has 1 amide bonds. The summed E-state index contributed by atoms with van der Waals surface area (Å²) in [5.74, 6) is -0.384. The minimum absolute atomic E-state index is 0.110. The van der Waals surface area contributed by atoms with Crippen molar-refractivity contribution in [3.63, 3.8) is 0 Å². The van der Waals surface area contributed by atoms with E-state index in [9.17, 15) is 9.59 Å². The van der Waals surface area contributed by atoms with E-state index in [-0.39, 0.29) is 23.1 Å². The lowest BCUT2D eigenvalue weighted by Gasteiger charge is -2.14. The Bertz CT molecular complexity index is 814. The van der Waals surface area contributed by atoms with Gasteiger partial charge < -0.3 is 10.3 Å². The van der Waals surface area contributed by atoms with Crippen LogP contribution in [0.5, 0.6) is 0 Å². The van der Waals surface area contributed by atoms with Crippen LogP contribution < -0.4 is 10.9 Å². The maximum atomic E-state index is 12.3. The van der Waals surface area contributed by atoms with Gasteiger partial charge in [-0.2, -0.15) is 0 Å². The summed E-state index contributed by atoms with van der Waals surface area (Å²) < 4.78 is 0. The maximum Gasteiger partial charge on any atom is 0.260 e. The molecule has 1 atom stereocenters. The number of aryl methyl sites for hydroxylation is 1. The van der Waals surface area contributed by atoms with Crippen LogP contribution in [0.3, 0.4) is 0 Å². The van der Waals surface area contributed by atoms with Gasteiger partial charge in [0.1, 0.15) is 5.56 Å². The monoisotopic (exact) mass is 336 g/mol. The van der Waals surface area contributed by atoms with Crippen LogP contribution in [-0.2, 0) is 6.42 Å². The summed E-state index contributed by atoms with van der Waals surface area (Å²) in [6, 6.07) is 6.69. The van der Waals surface area contributed by atoms with E-state index in [4.69, 9.17) is 23.2 Å². The summed E-state index contributed by atoms with van der Waals surface area (Å²) in [7, 11) is 0. The number of nitrogens with one attached hydrogen (secondary N) is 2. The first-order valence-electron chi connectivity index (χ1n) is 6.95. The first-order valence-corrected chi connectivity index (χ1v) is 7.70. The summed E-state index contributed by atoms with van der Waals surface area (Å²) in [6.07, 6.45) is 1.49. The lowest BCUT2D eigenvalue weighted by Crippen LogP contribution is -2.32. The van der Waals surface area contributed by atoms with Crippen molar-refractivity contribution >= 4 is 29.1 Å². The smallest absolute Gasteiger partial charge is 0.260 e. The zero-order valence-corrected chi connectivity index (χ0v) is 13.4. The number of H-pyrrole nitrogens is 1. The van der Waals surface area contributed by atoms with Crippen molar-refractivity contribution in [3.8, 4) is 0 Å². The molecule has 0 spiro atoms. The van der Waals surface area contributed by atoms with Gasteiger partial charge in [-0.15, -0.1) is 0 Å². The highest BCUT2D eigenvalue weighted by Gasteiger charge is 2.27. The van der Waals surface area contributed by atoms with E-state index >= 15 is 0 Å². The predicted octanol–water partition coefficient (Wildman–Crippen LogP) is 3.41. The second-order valence-corrected chi connectivity index (χ2v) is 6.16. The molecule has 0 bridgehead atoms. The molecule has 3 rings (SSSR count). The Kier molecular flexibility index (Phi) is 3.98. The summed E-state index contributed by atoms with van der Waals surface area (Å²) in [5, 5.41) is 3.96. The van der Waals surface area contributed by atoms with Crippen molar-refractivity contribution in [1.82, 2.24) is 10.3 Å². The quantitative estimate of drug-likeness (QED) is 0.882. The van der Waals surface area contributed by atoms with Gasteiger partial charge in [0.2, 0.25) is 0 Å². The average Bonchev–Trinajstić information content (AvgIpc) is 2.86. The normalized spacial score (nSPS) is 16.4. The van der Waals surface area contributed by atoms with Gasteiger partial charge in [-0.25, -0.2) is 0 Å². The maximum absolute atomic E-state index is 12.3. The van der Waals surface area contributed by atoms with Crippen molar-refractivity contribution in [3.05, 3.63) is 67.0 Å². The third kappa shape index (κ3) is 2.64. The van der Waals surface area contributed by atoms with Gasteiger partial charge in [0.05, 0.1) is 16.1 Å². The van der Waals surface area contributed by atoms with E-state index in [0.29, 0.717) is 15.7 Å². The van der Waals surface area contributed by atoms with Crippen LogP contribution >= 0.6 is 23.2 Å². The Morgan fingerprint density at radius 1 is 1.27 bits per heavy atom. The standard InChI is InChI=1S/C16H14Cl2N2O2/c1-8-2-3-11(15(21)19-8)16(22)20-13-7-5-10-9(13)4-6-12(17)14(10)18/h2-4,6,13H,5,7H2,1H3,(H,19,21)(H,20,22). The second-order valence-electron chi connectivity index (χ2n) is 5.38. The SMILES string of the molecule is Cc1ccc(C(=O)NC2CCc3c2ccc(Cl)c3Cl)c(=O)[nH]1. The molecule has 4 nitrogen and oxygen atoms in total. The van der Waals surface area contributed by atoms with Crippen LogP contribution in [0.25, 0.3) is 0 Å². The summed E-state index contributed by atoms with van der Waals surface area (Å²) in [5.41, 5.74) is 2.38. The Labute approximate surface area is 137 Å². The second kappa shape index (κ2) is 5.78. The minimum atomic E-state index is -0.384. The zero-order chi connectivity index (χ0) is 15.9. The lowest BCUT2D eigenvalue weighted by molar-refractivity contribution is 0.0935. The molecule has 114 valence electrons. The number of benzene rings is 1. The molecule has 2 aromatic rings. The van der Waals surface area contributed by atoms with E-state index in [0.717, 1.165) is 24.0 Å². The van der Waals surface area contributed by atoms with Crippen molar-refractivity contribution in [2.45, 2.75) is 25.8 Å². The summed E-state index contributed by atoms with van der Waals surface area (Å²) >= 11 is 12.2. The molecule has 6 heteroatoms.